The maximum Gasteiger partial charge on any atom is 0.105 e. The molecule has 0 saturated heterocycles. The zero-order valence-corrected chi connectivity index (χ0v) is 10.5. The van der Waals surface area contributed by atoms with E-state index in [9.17, 15) is 0 Å². The van der Waals surface area contributed by atoms with Crippen LogP contribution >= 0.6 is 0 Å². The van der Waals surface area contributed by atoms with Crippen LogP contribution in [0.15, 0.2) is 48.8 Å². The van der Waals surface area contributed by atoms with E-state index in [0.717, 1.165) is 17.1 Å². The summed E-state index contributed by atoms with van der Waals surface area (Å²) >= 11 is 0. The van der Waals surface area contributed by atoms with Crippen molar-refractivity contribution >= 4 is 0 Å². The molecule has 6 heteroatoms. The van der Waals surface area contributed by atoms with Crippen LogP contribution in [0.4, 0.5) is 0 Å². The van der Waals surface area contributed by atoms with Gasteiger partial charge < -0.3 is 5.32 Å². The summed E-state index contributed by atoms with van der Waals surface area (Å²) in [5.41, 5.74) is 2.87. The molecule has 0 spiro atoms. The summed E-state index contributed by atoms with van der Waals surface area (Å²) < 4.78 is 1.90. The fourth-order valence-corrected chi connectivity index (χ4v) is 2.11. The van der Waals surface area contributed by atoms with Crippen molar-refractivity contribution in [2.45, 2.75) is 6.04 Å². The first kappa shape index (κ1) is 11.6. The minimum absolute atomic E-state index is 0.0542. The zero-order valence-electron chi connectivity index (χ0n) is 10.5. The molecule has 0 fully saturated rings. The largest absolute Gasteiger partial charge is 0.307 e. The molecule has 1 atom stereocenters. The SMILES string of the molecule is CNC(c1cn[nH]n1)c1ccnn1-c1ccccc1. The second-order valence-corrected chi connectivity index (χ2v) is 4.12. The second kappa shape index (κ2) is 5.03. The molecule has 0 amide bonds. The third kappa shape index (κ3) is 2.13. The van der Waals surface area contributed by atoms with E-state index in [0.29, 0.717) is 0 Å². The Morgan fingerprint density at radius 3 is 2.74 bits per heavy atom. The van der Waals surface area contributed by atoms with Gasteiger partial charge in [0.15, 0.2) is 0 Å². The lowest BCUT2D eigenvalue weighted by atomic mass is 10.1. The van der Waals surface area contributed by atoms with E-state index in [1.165, 1.54) is 0 Å². The summed E-state index contributed by atoms with van der Waals surface area (Å²) in [6.07, 6.45) is 3.50. The molecule has 0 radical (unpaired) electrons. The van der Waals surface area contributed by atoms with Crippen LogP contribution in [0.3, 0.4) is 0 Å². The molecule has 0 aliphatic carbocycles. The molecule has 0 aliphatic rings. The number of benzene rings is 1. The van der Waals surface area contributed by atoms with Crippen molar-refractivity contribution in [1.82, 2.24) is 30.5 Å². The van der Waals surface area contributed by atoms with E-state index in [1.54, 1.807) is 12.4 Å². The second-order valence-electron chi connectivity index (χ2n) is 4.12. The van der Waals surface area contributed by atoms with Crippen LogP contribution in [0.25, 0.3) is 5.69 Å². The van der Waals surface area contributed by atoms with Gasteiger partial charge in [0.05, 0.1) is 23.6 Å². The van der Waals surface area contributed by atoms with E-state index in [1.807, 2.05) is 48.1 Å². The number of hydrogen-bond acceptors (Lipinski definition) is 4. The van der Waals surface area contributed by atoms with E-state index >= 15 is 0 Å². The van der Waals surface area contributed by atoms with Gasteiger partial charge in [0.25, 0.3) is 0 Å². The highest BCUT2D eigenvalue weighted by Crippen LogP contribution is 2.21. The molecule has 6 nitrogen and oxygen atoms in total. The molecule has 1 unspecified atom stereocenters. The molecule has 2 aromatic heterocycles. The Kier molecular flexibility index (Phi) is 3.07. The van der Waals surface area contributed by atoms with Crippen LogP contribution in [0.2, 0.25) is 0 Å². The van der Waals surface area contributed by atoms with Crippen LogP contribution in [0.1, 0.15) is 17.4 Å². The van der Waals surface area contributed by atoms with Crippen LogP contribution in [-0.4, -0.2) is 32.2 Å². The van der Waals surface area contributed by atoms with Crippen molar-refractivity contribution in [3.8, 4) is 5.69 Å². The topological polar surface area (TPSA) is 71.4 Å². The average molecular weight is 254 g/mol. The fraction of sp³-hybridized carbons (Fsp3) is 0.154. The minimum Gasteiger partial charge on any atom is -0.307 e. The summed E-state index contributed by atoms with van der Waals surface area (Å²) in [5, 5.41) is 18.2. The first-order valence-corrected chi connectivity index (χ1v) is 6.02. The molecule has 3 rings (SSSR count). The van der Waals surface area contributed by atoms with E-state index in [-0.39, 0.29) is 6.04 Å². The van der Waals surface area contributed by atoms with Gasteiger partial charge in [-0.3, -0.25) is 0 Å². The highest BCUT2D eigenvalue weighted by molar-refractivity contribution is 5.34. The van der Waals surface area contributed by atoms with Crippen molar-refractivity contribution in [2.75, 3.05) is 7.05 Å². The Morgan fingerprint density at radius 1 is 1.21 bits per heavy atom. The maximum atomic E-state index is 4.38. The van der Waals surface area contributed by atoms with Crippen molar-refractivity contribution in [1.29, 1.82) is 0 Å². The summed E-state index contributed by atoms with van der Waals surface area (Å²) in [5.74, 6) is 0. The first-order chi connectivity index (χ1) is 9.40. The summed E-state index contributed by atoms with van der Waals surface area (Å²) in [6.45, 7) is 0. The van der Waals surface area contributed by atoms with Gasteiger partial charge in [-0.1, -0.05) is 18.2 Å². The standard InChI is InChI=1S/C13H14N6/c1-14-13(11-9-15-18-17-11)12-7-8-16-19(12)10-5-3-2-4-6-10/h2-9,13-14H,1H3,(H,15,17,18). The molecule has 1 aromatic carbocycles. The average Bonchev–Trinajstić information content (AvgIpc) is 3.12. The molecule has 2 heterocycles. The number of H-pyrrole nitrogens is 1. The van der Waals surface area contributed by atoms with Gasteiger partial charge in [-0.05, 0) is 25.2 Å². The Hall–Kier alpha value is -2.47. The van der Waals surface area contributed by atoms with Crippen molar-refractivity contribution in [3.63, 3.8) is 0 Å². The number of nitrogens with one attached hydrogen (secondary N) is 2. The normalized spacial score (nSPS) is 12.5. The molecule has 96 valence electrons. The fourth-order valence-electron chi connectivity index (χ4n) is 2.11. The van der Waals surface area contributed by atoms with Crippen LogP contribution in [-0.2, 0) is 0 Å². The highest BCUT2D eigenvalue weighted by atomic mass is 15.3. The molecule has 19 heavy (non-hydrogen) atoms. The van der Waals surface area contributed by atoms with Crippen LogP contribution in [0, 0.1) is 0 Å². The molecule has 3 aromatic rings. The number of hydrogen-bond donors (Lipinski definition) is 2. The monoisotopic (exact) mass is 254 g/mol. The van der Waals surface area contributed by atoms with Crippen molar-refractivity contribution < 1.29 is 0 Å². The molecule has 0 saturated carbocycles. The summed E-state index contributed by atoms with van der Waals surface area (Å²) in [4.78, 5) is 0. The third-order valence-electron chi connectivity index (χ3n) is 2.99. The van der Waals surface area contributed by atoms with Gasteiger partial charge in [-0.25, -0.2) is 4.68 Å². The van der Waals surface area contributed by atoms with Crippen molar-refractivity contribution in [2.24, 2.45) is 0 Å². The zero-order chi connectivity index (χ0) is 13.1. The quantitative estimate of drug-likeness (QED) is 0.736. The number of para-hydroxylation sites is 1. The van der Waals surface area contributed by atoms with Crippen LogP contribution < -0.4 is 5.32 Å². The molecular weight excluding hydrogens is 240 g/mol. The Morgan fingerprint density at radius 2 is 2.05 bits per heavy atom. The van der Waals surface area contributed by atoms with Crippen LogP contribution in [0.5, 0.6) is 0 Å². The lowest BCUT2D eigenvalue weighted by Gasteiger charge is -2.15. The third-order valence-corrected chi connectivity index (χ3v) is 2.99. The Labute approximate surface area is 110 Å². The lowest BCUT2D eigenvalue weighted by molar-refractivity contribution is 0.620. The predicted octanol–water partition coefficient (Wildman–Crippen LogP) is 1.30. The molecule has 0 aliphatic heterocycles. The first-order valence-electron chi connectivity index (χ1n) is 6.02. The van der Waals surface area contributed by atoms with E-state index in [2.05, 4.69) is 25.8 Å². The molecule has 2 N–H and O–H groups in total. The molecule has 0 bridgehead atoms. The van der Waals surface area contributed by atoms with Gasteiger partial charge in [0.2, 0.25) is 0 Å². The number of rotatable bonds is 4. The lowest BCUT2D eigenvalue weighted by Crippen LogP contribution is -2.21. The van der Waals surface area contributed by atoms with Gasteiger partial charge >= 0.3 is 0 Å². The maximum absolute atomic E-state index is 4.38. The van der Waals surface area contributed by atoms with Crippen molar-refractivity contribution in [3.05, 3.63) is 60.2 Å². The summed E-state index contributed by atoms with van der Waals surface area (Å²) in [6, 6.07) is 11.9. The van der Waals surface area contributed by atoms with Gasteiger partial charge in [-0.2, -0.15) is 20.5 Å². The number of aromatic amines is 1. The number of nitrogens with zero attached hydrogens (tertiary/aromatic N) is 4. The minimum atomic E-state index is -0.0542. The van der Waals surface area contributed by atoms with Gasteiger partial charge in [-0.15, -0.1) is 0 Å². The smallest absolute Gasteiger partial charge is 0.105 e. The molecular formula is C13H14N6. The summed E-state index contributed by atoms with van der Waals surface area (Å²) in [7, 11) is 1.89. The van der Waals surface area contributed by atoms with E-state index in [4.69, 9.17) is 0 Å². The predicted molar refractivity (Wildman–Crippen MR) is 70.8 cm³/mol. The van der Waals surface area contributed by atoms with Gasteiger partial charge in [0, 0.05) is 6.20 Å². The van der Waals surface area contributed by atoms with Gasteiger partial charge in [0.1, 0.15) is 5.69 Å². The Bertz CT molecular complexity index is 628. The van der Waals surface area contributed by atoms with E-state index < -0.39 is 0 Å². The highest BCUT2D eigenvalue weighted by Gasteiger charge is 2.19. The Balaban J connectivity index is 2.04. The number of aromatic nitrogens is 5.